The van der Waals surface area contributed by atoms with Gasteiger partial charge in [0.15, 0.2) is 0 Å². The third-order valence-corrected chi connectivity index (χ3v) is 0. The van der Waals surface area contributed by atoms with E-state index in [1.54, 1.807) is 0 Å². The predicted molar refractivity (Wildman–Crippen MR) is 12.9 cm³/mol. The minimum absolute atomic E-state index is 0. The third kappa shape index (κ3) is 10.2. The molecule has 0 saturated heterocycles. The van der Waals surface area contributed by atoms with Crippen molar-refractivity contribution in [2.24, 2.45) is 0 Å². The van der Waals surface area contributed by atoms with Gasteiger partial charge < -0.3 is 11.0 Å². The van der Waals surface area contributed by atoms with Crippen LogP contribution in [-0.2, 0) is 11.0 Å². The van der Waals surface area contributed by atoms with Gasteiger partial charge in [0, 0.05) is 26.2 Å². The van der Waals surface area contributed by atoms with Gasteiger partial charge in [0.2, 0.25) is 0 Å². The molecule has 0 unspecified atom stereocenters. The van der Waals surface area contributed by atoms with Crippen LogP contribution in [0.4, 0.5) is 0 Å². The molecule has 0 fully saturated rings. The SMILES string of the molecule is [Bi].[Ge+4].[O-2].[O-2]. The first-order valence-corrected chi connectivity index (χ1v) is 0. The van der Waals surface area contributed by atoms with Crippen LogP contribution in [0.15, 0.2) is 0 Å². The quantitative estimate of drug-likeness (QED) is 0.515. The van der Waals surface area contributed by atoms with E-state index in [9.17, 15) is 0 Å². The zero-order valence-corrected chi connectivity index (χ0v) is 7.34. The standard InChI is InChI=1S/Bi.Ge.2O/q;+4;2*-2. The van der Waals surface area contributed by atoms with Gasteiger partial charge in [0.05, 0.1) is 0 Å². The molecule has 0 aromatic carbocycles. The van der Waals surface area contributed by atoms with E-state index in [1.165, 1.54) is 0 Å². The topological polar surface area (TPSA) is 57.0 Å². The maximum atomic E-state index is 0. The summed E-state index contributed by atoms with van der Waals surface area (Å²) < 4.78 is 0. The Bertz CT molecular complexity index is 6.00. The number of hydrogen-bond acceptors (Lipinski definition) is 0. The van der Waals surface area contributed by atoms with Crippen molar-refractivity contribution in [3.63, 3.8) is 0 Å². The Morgan fingerprint density at radius 3 is 0.750 bits per heavy atom. The van der Waals surface area contributed by atoms with Crippen LogP contribution in [0.3, 0.4) is 0 Å². The smallest absolute Gasteiger partial charge is 2.00 e. The van der Waals surface area contributed by atoms with E-state index in [4.69, 9.17) is 0 Å². The summed E-state index contributed by atoms with van der Waals surface area (Å²) in [6.07, 6.45) is 0. The molecular formula is BiGeO2. The molecule has 0 bridgehead atoms. The summed E-state index contributed by atoms with van der Waals surface area (Å²) >= 11 is 0. The van der Waals surface area contributed by atoms with E-state index < -0.39 is 0 Å². The zero-order valence-electron chi connectivity index (χ0n) is 1.76. The molecule has 0 rings (SSSR count). The molecule has 0 heterocycles. The van der Waals surface area contributed by atoms with Crippen molar-refractivity contribution in [1.29, 1.82) is 0 Å². The van der Waals surface area contributed by atoms with Gasteiger partial charge in [0.1, 0.15) is 0 Å². The minimum atomic E-state index is 0. The van der Waals surface area contributed by atoms with Gasteiger partial charge in [-0.3, -0.25) is 0 Å². The monoisotopic (exact) mass is 315 g/mol. The predicted octanol–water partition coefficient (Wildman–Crippen LogP) is -0.999. The Morgan fingerprint density at radius 1 is 0.750 bits per heavy atom. The molecule has 2 nitrogen and oxygen atoms in total. The first-order valence-electron chi connectivity index (χ1n) is 0. The summed E-state index contributed by atoms with van der Waals surface area (Å²) in [6, 6.07) is 0. The fraction of sp³-hybridized carbons (Fsp3) is 0. The first-order chi connectivity index (χ1) is 0. The Balaban J connectivity index is 0. The molecule has 0 atom stereocenters. The Kier molecular flexibility index (Phi) is 374. The Hall–Kier alpha value is 1.35. The Morgan fingerprint density at radius 2 is 0.750 bits per heavy atom. The molecule has 4 heteroatoms. The normalized spacial score (nSPS) is 0. The molecular weight excluding hydrogens is 314 g/mol. The van der Waals surface area contributed by atoms with Crippen molar-refractivity contribution < 1.29 is 11.0 Å². The maximum absolute atomic E-state index is 0. The van der Waals surface area contributed by atoms with Gasteiger partial charge in [-0.25, -0.2) is 0 Å². The molecule has 0 aromatic heterocycles. The fourth-order valence-electron chi connectivity index (χ4n) is 0. The van der Waals surface area contributed by atoms with Crippen molar-refractivity contribution in [1.82, 2.24) is 0 Å². The van der Waals surface area contributed by atoms with Gasteiger partial charge in [-0.1, -0.05) is 0 Å². The molecule has 0 aliphatic carbocycles. The second-order valence-corrected chi connectivity index (χ2v) is 0. The molecule has 3 radical (unpaired) electrons. The van der Waals surface area contributed by atoms with Crippen molar-refractivity contribution in [2.75, 3.05) is 0 Å². The fourth-order valence-corrected chi connectivity index (χ4v) is 0. The minimum Gasteiger partial charge on any atom is -2.00 e. The van der Waals surface area contributed by atoms with Crippen molar-refractivity contribution >= 4 is 43.8 Å². The molecule has 0 aromatic rings. The van der Waals surface area contributed by atoms with Crippen LogP contribution in [-0.4, -0.2) is 43.8 Å². The molecule has 0 aliphatic heterocycles. The summed E-state index contributed by atoms with van der Waals surface area (Å²) in [5, 5.41) is 0. The number of rotatable bonds is 0. The van der Waals surface area contributed by atoms with Crippen LogP contribution in [0.1, 0.15) is 0 Å². The van der Waals surface area contributed by atoms with Gasteiger partial charge in [-0.15, -0.1) is 0 Å². The van der Waals surface area contributed by atoms with E-state index in [1.807, 2.05) is 0 Å². The van der Waals surface area contributed by atoms with Gasteiger partial charge in [-0.2, -0.15) is 0 Å². The van der Waals surface area contributed by atoms with E-state index in [0.717, 1.165) is 0 Å². The summed E-state index contributed by atoms with van der Waals surface area (Å²) in [7, 11) is 0. The molecule has 0 amide bonds. The molecule has 0 aliphatic rings. The van der Waals surface area contributed by atoms with Crippen LogP contribution >= 0.6 is 0 Å². The Labute approximate surface area is 54.7 Å². The van der Waals surface area contributed by atoms with Crippen molar-refractivity contribution in [3.05, 3.63) is 0 Å². The van der Waals surface area contributed by atoms with E-state index in [2.05, 4.69) is 0 Å². The van der Waals surface area contributed by atoms with Crippen LogP contribution in [0.5, 0.6) is 0 Å². The molecule has 0 N–H and O–H groups in total. The largest absolute Gasteiger partial charge is 4.00 e. The summed E-state index contributed by atoms with van der Waals surface area (Å²) in [6.45, 7) is 0. The van der Waals surface area contributed by atoms with E-state index >= 15 is 0 Å². The first kappa shape index (κ1) is 55.7. The maximum Gasteiger partial charge on any atom is 4.00 e. The van der Waals surface area contributed by atoms with Crippen LogP contribution in [0, 0.1) is 0 Å². The summed E-state index contributed by atoms with van der Waals surface area (Å²) in [5.41, 5.74) is 0. The van der Waals surface area contributed by atoms with Crippen LogP contribution in [0.25, 0.3) is 0 Å². The van der Waals surface area contributed by atoms with Gasteiger partial charge in [-0.05, 0) is 0 Å². The molecule has 0 saturated carbocycles. The van der Waals surface area contributed by atoms with E-state index in [0.29, 0.717) is 0 Å². The average molecular weight is 314 g/mol. The van der Waals surface area contributed by atoms with E-state index in [-0.39, 0.29) is 54.8 Å². The molecule has 21 valence electrons. The second kappa shape index (κ2) is 26.9. The van der Waals surface area contributed by atoms with Crippen molar-refractivity contribution in [3.8, 4) is 0 Å². The summed E-state index contributed by atoms with van der Waals surface area (Å²) in [5.74, 6) is 0. The van der Waals surface area contributed by atoms with Crippen LogP contribution in [0.2, 0.25) is 0 Å². The number of hydrogen-bond donors (Lipinski definition) is 0. The van der Waals surface area contributed by atoms with Gasteiger partial charge >= 0.3 is 17.6 Å². The molecule has 4 heavy (non-hydrogen) atoms. The molecule has 0 spiro atoms. The summed E-state index contributed by atoms with van der Waals surface area (Å²) in [4.78, 5) is 0. The zero-order chi connectivity index (χ0) is 0. The van der Waals surface area contributed by atoms with Gasteiger partial charge in [0.25, 0.3) is 0 Å². The average Bonchev–Trinajstić information content (AvgIpc) is 0. The second-order valence-electron chi connectivity index (χ2n) is 0. The van der Waals surface area contributed by atoms with Crippen molar-refractivity contribution in [2.45, 2.75) is 0 Å². The third-order valence-electron chi connectivity index (χ3n) is 0. The van der Waals surface area contributed by atoms with Crippen LogP contribution < -0.4 is 0 Å².